The number of hydrogen-bond donors (Lipinski definition) is 4. The Balaban J connectivity index is 2.00. The molecule has 0 aromatic heterocycles. The summed E-state index contributed by atoms with van der Waals surface area (Å²) >= 11 is 0. The van der Waals surface area contributed by atoms with Crippen molar-refractivity contribution < 1.29 is 29.6 Å². The van der Waals surface area contributed by atoms with Crippen LogP contribution in [0.25, 0.3) is 0 Å². The summed E-state index contributed by atoms with van der Waals surface area (Å²) < 4.78 is 19.0. The van der Waals surface area contributed by atoms with Crippen molar-refractivity contribution in [1.29, 1.82) is 0 Å². The van der Waals surface area contributed by atoms with Crippen molar-refractivity contribution in [3.05, 3.63) is 47.3 Å². The predicted octanol–water partition coefficient (Wildman–Crippen LogP) is 1.98. The summed E-state index contributed by atoms with van der Waals surface area (Å²) in [7, 11) is 0. The molecular formula is C15H13FO5. The van der Waals surface area contributed by atoms with Gasteiger partial charge in [0.25, 0.3) is 0 Å². The Hall–Kier alpha value is -2.47. The number of ether oxygens (including phenoxy) is 1. The molecule has 1 unspecified atom stereocenters. The standard InChI is InChI=1S/C15H13FO5/c16-10-3-7(1-2-11(10)18)15-13(20)6-9-12(19)4-8(17)5-14(9)21-15/h1-5,13,15,17-20H,6H2/t13-,15?/m1/s1. The fourth-order valence-electron chi connectivity index (χ4n) is 2.45. The molecule has 0 bridgehead atoms. The van der Waals surface area contributed by atoms with Gasteiger partial charge in [-0.2, -0.15) is 0 Å². The number of fused-ring (bicyclic) bond motifs is 1. The predicted molar refractivity (Wildman–Crippen MR) is 70.9 cm³/mol. The second-order valence-electron chi connectivity index (χ2n) is 4.96. The third kappa shape index (κ3) is 2.34. The number of phenolic OH excluding ortho intramolecular Hbond substituents is 3. The summed E-state index contributed by atoms with van der Waals surface area (Å²) in [6.07, 6.45) is -1.74. The maximum absolute atomic E-state index is 13.4. The molecule has 2 aromatic carbocycles. The number of benzene rings is 2. The minimum atomic E-state index is -0.989. The zero-order valence-corrected chi connectivity index (χ0v) is 10.8. The molecule has 4 N–H and O–H groups in total. The molecule has 0 saturated heterocycles. The van der Waals surface area contributed by atoms with Crippen LogP contribution in [0.4, 0.5) is 4.39 Å². The fourth-order valence-corrected chi connectivity index (χ4v) is 2.45. The van der Waals surface area contributed by atoms with Crippen molar-refractivity contribution in [2.75, 3.05) is 0 Å². The van der Waals surface area contributed by atoms with E-state index in [1.807, 2.05) is 0 Å². The smallest absolute Gasteiger partial charge is 0.165 e. The normalized spacial score (nSPS) is 20.7. The Labute approximate surface area is 119 Å². The van der Waals surface area contributed by atoms with Gasteiger partial charge in [0.1, 0.15) is 23.4 Å². The first-order valence-corrected chi connectivity index (χ1v) is 6.33. The van der Waals surface area contributed by atoms with Crippen LogP contribution in [-0.4, -0.2) is 26.5 Å². The number of phenols is 3. The molecule has 1 heterocycles. The minimum Gasteiger partial charge on any atom is -0.508 e. The molecule has 0 saturated carbocycles. The van der Waals surface area contributed by atoms with Crippen LogP contribution < -0.4 is 4.74 Å². The minimum absolute atomic E-state index is 0.106. The van der Waals surface area contributed by atoms with Crippen LogP contribution in [0.3, 0.4) is 0 Å². The number of aliphatic hydroxyl groups is 1. The van der Waals surface area contributed by atoms with Crippen LogP contribution in [0, 0.1) is 5.82 Å². The topological polar surface area (TPSA) is 90.2 Å². The molecule has 1 aliphatic rings. The maximum Gasteiger partial charge on any atom is 0.165 e. The van der Waals surface area contributed by atoms with E-state index in [4.69, 9.17) is 4.74 Å². The molecule has 0 spiro atoms. The first-order chi connectivity index (χ1) is 9.95. The van der Waals surface area contributed by atoms with E-state index in [1.54, 1.807) is 0 Å². The molecule has 1 aliphatic heterocycles. The quantitative estimate of drug-likeness (QED) is 0.645. The van der Waals surface area contributed by atoms with E-state index >= 15 is 0 Å². The Morgan fingerprint density at radius 1 is 1.05 bits per heavy atom. The lowest BCUT2D eigenvalue weighted by atomic mass is 9.94. The van der Waals surface area contributed by atoms with Gasteiger partial charge in [0.15, 0.2) is 11.6 Å². The highest BCUT2D eigenvalue weighted by molar-refractivity contribution is 5.51. The molecule has 5 nitrogen and oxygen atoms in total. The van der Waals surface area contributed by atoms with Gasteiger partial charge in [-0.1, -0.05) is 6.07 Å². The second kappa shape index (κ2) is 4.82. The van der Waals surface area contributed by atoms with Gasteiger partial charge in [-0.05, 0) is 17.7 Å². The van der Waals surface area contributed by atoms with E-state index in [9.17, 15) is 24.8 Å². The molecule has 2 aromatic rings. The monoisotopic (exact) mass is 292 g/mol. The SMILES string of the molecule is Oc1cc(O)c2c(c1)OC(c1ccc(O)c(F)c1)[C@H](O)C2. The summed E-state index contributed by atoms with van der Waals surface area (Å²) in [6.45, 7) is 0. The highest BCUT2D eigenvalue weighted by atomic mass is 19.1. The van der Waals surface area contributed by atoms with Crippen molar-refractivity contribution >= 4 is 0 Å². The van der Waals surface area contributed by atoms with Crippen LogP contribution in [0.15, 0.2) is 30.3 Å². The van der Waals surface area contributed by atoms with Crippen molar-refractivity contribution in [2.24, 2.45) is 0 Å². The molecule has 3 rings (SSSR count). The Bertz CT molecular complexity index is 701. The lowest BCUT2D eigenvalue weighted by Crippen LogP contribution is -2.30. The van der Waals surface area contributed by atoms with Crippen LogP contribution in [0.1, 0.15) is 17.2 Å². The van der Waals surface area contributed by atoms with E-state index in [0.717, 1.165) is 12.1 Å². The average molecular weight is 292 g/mol. The molecule has 0 fully saturated rings. The van der Waals surface area contributed by atoms with Gasteiger partial charge >= 0.3 is 0 Å². The van der Waals surface area contributed by atoms with Crippen molar-refractivity contribution in [3.63, 3.8) is 0 Å². The van der Waals surface area contributed by atoms with Gasteiger partial charge < -0.3 is 25.2 Å². The molecule has 6 heteroatoms. The Morgan fingerprint density at radius 2 is 1.81 bits per heavy atom. The molecule has 2 atom stereocenters. The van der Waals surface area contributed by atoms with Gasteiger partial charge in [0.05, 0.1) is 6.10 Å². The third-order valence-corrected chi connectivity index (χ3v) is 3.49. The fraction of sp³-hybridized carbons (Fsp3) is 0.200. The number of aliphatic hydroxyl groups excluding tert-OH is 1. The second-order valence-corrected chi connectivity index (χ2v) is 4.96. The zero-order valence-electron chi connectivity index (χ0n) is 10.8. The lowest BCUT2D eigenvalue weighted by molar-refractivity contribution is 0.0196. The van der Waals surface area contributed by atoms with E-state index < -0.39 is 23.8 Å². The van der Waals surface area contributed by atoms with Gasteiger partial charge in [0, 0.05) is 24.1 Å². The van der Waals surface area contributed by atoms with E-state index in [-0.39, 0.29) is 23.7 Å². The molecular weight excluding hydrogens is 279 g/mol. The largest absolute Gasteiger partial charge is 0.508 e. The number of hydrogen-bond acceptors (Lipinski definition) is 5. The summed E-state index contributed by atoms with van der Waals surface area (Å²) in [6, 6.07) is 6.19. The first-order valence-electron chi connectivity index (χ1n) is 6.33. The Kier molecular flexibility index (Phi) is 3.10. The van der Waals surface area contributed by atoms with Crippen LogP contribution in [-0.2, 0) is 6.42 Å². The molecule has 21 heavy (non-hydrogen) atoms. The summed E-state index contributed by atoms with van der Waals surface area (Å²) in [4.78, 5) is 0. The number of halogens is 1. The summed E-state index contributed by atoms with van der Waals surface area (Å²) in [5, 5.41) is 38.6. The number of rotatable bonds is 1. The summed E-state index contributed by atoms with van der Waals surface area (Å²) in [5.41, 5.74) is 0.738. The zero-order chi connectivity index (χ0) is 15.1. The van der Waals surface area contributed by atoms with Crippen LogP contribution in [0.2, 0.25) is 0 Å². The highest BCUT2D eigenvalue weighted by Crippen LogP contribution is 2.42. The molecule has 0 aliphatic carbocycles. The molecule has 0 radical (unpaired) electrons. The lowest BCUT2D eigenvalue weighted by Gasteiger charge is -2.31. The van der Waals surface area contributed by atoms with Gasteiger partial charge in [-0.25, -0.2) is 4.39 Å². The van der Waals surface area contributed by atoms with Crippen LogP contribution in [0.5, 0.6) is 23.0 Å². The van der Waals surface area contributed by atoms with Crippen molar-refractivity contribution in [2.45, 2.75) is 18.6 Å². The molecule has 110 valence electrons. The Morgan fingerprint density at radius 3 is 2.52 bits per heavy atom. The van der Waals surface area contributed by atoms with Gasteiger partial charge in [-0.3, -0.25) is 0 Å². The van der Waals surface area contributed by atoms with E-state index in [2.05, 4.69) is 0 Å². The van der Waals surface area contributed by atoms with Crippen LogP contribution >= 0.6 is 0 Å². The summed E-state index contributed by atoms with van der Waals surface area (Å²) in [5.74, 6) is -1.40. The van der Waals surface area contributed by atoms with Gasteiger partial charge in [0.2, 0.25) is 0 Å². The molecule has 0 amide bonds. The number of aromatic hydroxyl groups is 3. The van der Waals surface area contributed by atoms with Crippen molar-refractivity contribution in [3.8, 4) is 23.0 Å². The van der Waals surface area contributed by atoms with E-state index in [0.29, 0.717) is 11.1 Å². The van der Waals surface area contributed by atoms with Gasteiger partial charge in [-0.15, -0.1) is 0 Å². The maximum atomic E-state index is 13.4. The third-order valence-electron chi connectivity index (χ3n) is 3.49. The first kappa shape index (κ1) is 13.5. The van der Waals surface area contributed by atoms with Crippen molar-refractivity contribution in [1.82, 2.24) is 0 Å². The average Bonchev–Trinajstić information content (AvgIpc) is 2.42. The highest BCUT2D eigenvalue weighted by Gasteiger charge is 2.32. The van der Waals surface area contributed by atoms with E-state index in [1.165, 1.54) is 18.2 Å².